The second kappa shape index (κ2) is 5.24. The molecule has 0 saturated heterocycles. The molecule has 6 heteroatoms. The molecule has 14 heavy (non-hydrogen) atoms. The predicted octanol–water partition coefficient (Wildman–Crippen LogP) is -0.508. The summed E-state index contributed by atoms with van der Waals surface area (Å²) in [4.78, 5) is 21.1. The van der Waals surface area contributed by atoms with E-state index >= 15 is 0 Å². The standard InChI is InChI=1S/C8H6B2O4/c11-5-6-1-3-7(4-2-6)9-8(12)14-10-13/h1-5,13H. The summed E-state index contributed by atoms with van der Waals surface area (Å²) in [5.41, 5.74) is 1.13. The highest BCUT2D eigenvalue weighted by atomic mass is 16.5. The van der Waals surface area contributed by atoms with Crippen LogP contribution in [0.3, 0.4) is 0 Å². The summed E-state index contributed by atoms with van der Waals surface area (Å²) in [6.45, 7) is 0. The largest absolute Gasteiger partial charge is 0.570 e. The van der Waals surface area contributed by atoms with Crippen LogP contribution < -0.4 is 5.46 Å². The Morgan fingerprint density at radius 2 is 2.00 bits per heavy atom. The highest BCUT2D eigenvalue weighted by Gasteiger charge is 2.07. The third-order valence-electron chi connectivity index (χ3n) is 1.53. The van der Waals surface area contributed by atoms with Gasteiger partial charge in [-0.3, -0.25) is 9.59 Å². The van der Waals surface area contributed by atoms with Gasteiger partial charge in [-0.2, -0.15) is 0 Å². The number of carbonyl (C=O) groups excluding carboxylic acids is 2. The predicted molar refractivity (Wildman–Crippen MR) is 51.7 cm³/mol. The van der Waals surface area contributed by atoms with Gasteiger partial charge in [0.15, 0.2) is 0 Å². The Labute approximate surface area is 82.4 Å². The molecule has 1 N–H and O–H groups in total. The molecular weight excluding hydrogens is 182 g/mol. The summed E-state index contributed by atoms with van der Waals surface area (Å²) in [5.74, 6) is -0.675. The van der Waals surface area contributed by atoms with Gasteiger partial charge in [-0.25, -0.2) is 0 Å². The van der Waals surface area contributed by atoms with Crippen LogP contribution in [0.2, 0.25) is 0 Å². The van der Waals surface area contributed by atoms with Gasteiger partial charge < -0.3 is 9.68 Å². The van der Waals surface area contributed by atoms with E-state index in [0.29, 0.717) is 25.0 Å². The molecule has 0 aromatic heterocycles. The fourth-order valence-electron chi connectivity index (χ4n) is 0.893. The zero-order valence-corrected chi connectivity index (χ0v) is 7.21. The van der Waals surface area contributed by atoms with Gasteiger partial charge in [-0.15, -0.1) is 0 Å². The molecule has 0 atom stereocenters. The topological polar surface area (TPSA) is 63.6 Å². The number of benzene rings is 1. The van der Waals surface area contributed by atoms with Crippen LogP contribution in [0.1, 0.15) is 10.4 Å². The smallest absolute Gasteiger partial charge is 0.519 e. The number of hydrogen-bond acceptors (Lipinski definition) is 4. The van der Waals surface area contributed by atoms with E-state index in [1.54, 1.807) is 24.3 Å². The molecule has 1 rings (SSSR count). The monoisotopic (exact) mass is 188 g/mol. The van der Waals surface area contributed by atoms with Crippen LogP contribution in [0.15, 0.2) is 24.3 Å². The lowest BCUT2D eigenvalue weighted by atomic mass is 9.70. The average Bonchev–Trinajstić information content (AvgIpc) is 2.19. The Kier molecular flexibility index (Phi) is 3.94. The summed E-state index contributed by atoms with van der Waals surface area (Å²) in [7, 11) is 1.51. The number of carbonyl (C=O) groups is 2. The van der Waals surface area contributed by atoms with Gasteiger partial charge in [-0.1, -0.05) is 29.7 Å². The van der Waals surface area contributed by atoms with Crippen molar-refractivity contribution in [2.24, 2.45) is 0 Å². The van der Waals surface area contributed by atoms with Crippen molar-refractivity contribution in [3.05, 3.63) is 29.8 Å². The van der Waals surface area contributed by atoms with Crippen molar-refractivity contribution in [2.45, 2.75) is 0 Å². The van der Waals surface area contributed by atoms with Crippen molar-refractivity contribution in [2.75, 3.05) is 0 Å². The van der Waals surface area contributed by atoms with E-state index in [0.717, 1.165) is 0 Å². The van der Waals surface area contributed by atoms with Gasteiger partial charge in [0.05, 0.1) is 0 Å². The van der Waals surface area contributed by atoms with Crippen molar-refractivity contribution in [3.8, 4) is 0 Å². The lowest BCUT2D eigenvalue weighted by molar-refractivity contribution is 0.112. The molecule has 0 amide bonds. The second-order valence-corrected chi connectivity index (χ2v) is 2.47. The third kappa shape index (κ3) is 3.06. The molecular formula is C8H6B2O4. The maximum absolute atomic E-state index is 10.8. The Morgan fingerprint density at radius 1 is 1.36 bits per heavy atom. The summed E-state index contributed by atoms with van der Waals surface area (Å²) >= 11 is 0. The molecule has 0 aliphatic rings. The fourth-order valence-corrected chi connectivity index (χ4v) is 0.893. The van der Waals surface area contributed by atoms with Gasteiger partial charge in [0, 0.05) is 5.56 Å². The summed E-state index contributed by atoms with van der Waals surface area (Å²) in [6, 6.07) is 6.36. The van der Waals surface area contributed by atoms with Crippen LogP contribution in [0.25, 0.3) is 0 Å². The van der Waals surface area contributed by atoms with Gasteiger partial charge in [0.1, 0.15) is 6.29 Å². The minimum atomic E-state index is -0.675. The minimum absolute atomic E-state index is 0.318. The molecule has 4 nitrogen and oxygen atoms in total. The first-order valence-corrected chi connectivity index (χ1v) is 3.83. The van der Waals surface area contributed by atoms with E-state index in [-0.39, 0.29) is 0 Å². The zero-order chi connectivity index (χ0) is 10.4. The number of aldehydes is 1. The molecule has 0 saturated carbocycles. The minimum Gasteiger partial charge on any atom is -0.519 e. The van der Waals surface area contributed by atoms with Gasteiger partial charge in [0.25, 0.3) is 7.28 Å². The van der Waals surface area contributed by atoms with E-state index in [2.05, 4.69) is 4.65 Å². The lowest BCUT2D eigenvalue weighted by Gasteiger charge is -1.99. The quantitative estimate of drug-likeness (QED) is 0.510. The van der Waals surface area contributed by atoms with Crippen LogP contribution in [0.4, 0.5) is 4.79 Å². The molecule has 0 bridgehead atoms. The van der Waals surface area contributed by atoms with Crippen molar-refractivity contribution in [1.29, 1.82) is 0 Å². The van der Waals surface area contributed by atoms with E-state index in [1.165, 1.54) is 7.28 Å². The molecule has 1 aromatic carbocycles. The molecule has 1 aromatic rings. The normalized spacial score (nSPS) is 8.93. The number of rotatable bonds is 4. The van der Waals surface area contributed by atoms with E-state index in [9.17, 15) is 9.59 Å². The molecule has 0 heterocycles. The van der Waals surface area contributed by atoms with Crippen LogP contribution in [0, 0.1) is 0 Å². The van der Waals surface area contributed by atoms with Crippen LogP contribution in [0.5, 0.6) is 0 Å². The SMILES string of the molecule is O=Cc1ccc([B]C(=O)O[B]O)cc1. The first kappa shape index (κ1) is 10.5. The molecule has 68 valence electrons. The first-order valence-electron chi connectivity index (χ1n) is 3.83. The Bertz CT molecular complexity index is 323. The fraction of sp³-hybridized carbons (Fsp3) is 0. The molecule has 0 spiro atoms. The van der Waals surface area contributed by atoms with Crippen molar-refractivity contribution in [1.82, 2.24) is 0 Å². The molecule has 0 fully saturated rings. The Morgan fingerprint density at radius 3 is 2.50 bits per heavy atom. The average molecular weight is 188 g/mol. The lowest BCUT2D eigenvalue weighted by Crippen LogP contribution is -2.25. The summed E-state index contributed by atoms with van der Waals surface area (Å²) in [6.07, 6.45) is 0.712. The van der Waals surface area contributed by atoms with Gasteiger partial charge >= 0.3 is 7.69 Å². The van der Waals surface area contributed by atoms with Gasteiger partial charge in [-0.05, 0) is 0 Å². The maximum atomic E-state index is 10.8. The second-order valence-electron chi connectivity index (χ2n) is 2.47. The third-order valence-corrected chi connectivity index (χ3v) is 1.53. The van der Waals surface area contributed by atoms with E-state index < -0.39 is 5.87 Å². The molecule has 0 aliphatic heterocycles. The Hall–Kier alpha value is -1.55. The zero-order valence-electron chi connectivity index (χ0n) is 7.21. The molecule has 0 unspecified atom stereocenters. The van der Waals surface area contributed by atoms with Crippen LogP contribution >= 0.6 is 0 Å². The van der Waals surface area contributed by atoms with Gasteiger partial charge in [0.2, 0.25) is 5.87 Å². The first-order chi connectivity index (χ1) is 6.76. The summed E-state index contributed by atoms with van der Waals surface area (Å²) < 4.78 is 4.17. The molecule has 2 radical (unpaired) electrons. The maximum Gasteiger partial charge on any atom is 0.570 e. The number of hydrogen-bond donors (Lipinski definition) is 1. The van der Waals surface area contributed by atoms with E-state index in [1.807, 2.05) is 0 Å². The highest BCUT2D eigenvalue weighted by Crippen LogP contribution is 1.91. The van der Waals surface area contributed by atoms with Crippen molar-refractivity contribution < 1.29 is 19.3 Å². The molecule has 0 aliphatic carbocycles. The van der Waals surface area contributed by atoms with E-state index in [4.69, 9.17) is 5.02 Å². The van der Waals surface area contributed by atoms with Crippen molar-refractivity contribution >= 4 is 32.6 Å². The Balaban J connectivity index is 2.59. The van der Waals surface area contributed by atoms with Crippen LogP contribution in [-0.2, 0) is 4.65 Å². The highest BCUT2D eigenvalue weighted by molar-refractivity contribution is 6.83. The van der Waals surface area contributed by atoms with Crippen LogP contribution in [-0.4, -0.2) is 32.1 Å². The summed E-state index contributed by atoms with van der Waals surface area (Å²) in [5, 5.41) is 8.16. The van der Waals surface area contributed by atoms with Crippen molar-refractivity contribution in [3.63, 3.8) is 0 Å².